The van der Waals surface area contributed by atoms with E-state index >= 15 is 0 Å². The number of rotatable bonds is 4. The standard InChI is InChI=1S/C11H15Cl2N3O/c12-3-6-17-9-1-4-16(5-2-9)11-10(13)7-14-8-15-11/h7-9H,1-6H2. The van der Waals surface area contributed by atoms with E-state index in [4.69, 9.17) is 27.9 Å². The number of aromatic nitrogens is 2. The zero-order chi connectivity index (χ0) is 12.1. The molecule has 1 saturated heterocycles. The number of hydrogen-bond donors (Lipinski definition) is 0. The molecule has 6 heteroatoms. The van der Waals surface area contributed by atoms with Crippen molar-refractivity contribution in [2.45, 2.75) is 18.9 Å². The lowest BCUT2D eigenvalue weighted by Gasteiger charge is -2.32. The van der Waals surface area contributed by atoms with Gasteiger partial charge in [-0.15, -0.1) is 11.6 Å². The Morgan fingerprint density at radius 2 is 2.18 bits per heavy atom. The van der Waals surface area contributed by atoms with Gasteiger partial charge in [0.05, 0.1) is 18.9 Å². The monoisotopic (exact) mass is 275 g/mol. The second kappa shape index (κ2) is 6.38. The molecule has 4 nitrogen and oxygen atoms in total. The highest BCUT2D eigenvalue weighted by Crippen LogP contribution is 2.25. The van der Waals surface area contributed by atoms with Crippen LogP contribution in [0.5, 0.6) is 0 Å². The van der Waals surface area contributed by atoms with E-state index < -0.39 is 0 Å². The smallest absolute Gasteiger partial charge is 0.150 e. The molecular weight excluding hydrogens is 261 g/mol. The van der Waals surface area contributed by atoms with Crippen LogP contribution in [0.3, 0.4) is 0 Å². The summed E-state index contributed by atoms with van der Waals surface area (Å²) in [5.41, 5.74) is 0. The molecule has 17 heavy (non-hydrogen) atoms. The van der Waals surface area contributed by atoms with Gasteiger partial charge in [-0.3, -0.25) is 0 Å². The first-order valence-corrected chi connectivity index (χ1v) is 6.60. The second-order valence-electron chi connectivity index (χ2n) is 3.94. The van der Waals surface area contributed by atoms with Gasteiger partial charge in [0, 0.05) is 19.0 Å². The third-order valence-electron chi connectivity index (χ3n) is 2.82. The molecule has 0 aromatic carbocycles. The van der Waals surface area contributed by atoms with E-state index in [1.165, 1.54) is 6.33 Å². The van der Waals surface area contributed by atoms with E-state index in [0.29, 0.717) is 23.6 Å². The number of ether oxygens (including phenoxy) is 1. The normalized spacial score (nSPS) is 17.4. The first kappa shape index (κ1) is 12.9. The molecule has 1 aromatic heterocycles. The maximum Gasteiger partial charge on any atom is 0.150 e. The van der Waals surface area contributed by atoms with Crippen molar-refractivity contribution in [1.29, 1.82) is 0 Å². The van der Waals surface area contributed by atoms with Crippen molar-refractivity contribution in [1.82, 2.24) is 9.97 Å². The maximum absolute atomic E-state index is 6.06. The SMILES string of the molecule is ClCCOC1CCN(c2ncncc2Cl)CC1. The van der Waals surface area contributed by atoms with Gasteiger partial charge in [0.25, 0.3) is 0 Å². The molecule has 1 aromatic rings. The second-order valence-corrected chi connectivity index (χ2v) is 4.73. The third-order valence-corrected chi connectivity index (χ3v) is 3.24. The van der Waals surface area contributed by atoms with E-state index in [2.05, 4.69) is 14.9 Å². The fourth-order valence-electron chi connectivity index (χ4n) is 1.98. The van der Waals surface area contributed by atoms with Gasteiger partial charge < -0.3 is 9.64 Å². The highest BCUT2D eigenvalue weighted by atomic mass is 35.5. The average molecular weight is 276 g/mol. The molecule has 2 heterocycles. The minimum Gasteiger partial charge on any atom is -0.377 e. The van der Waals surface area contributed by atoms with Crippen molar-refractivity contribution in [3.05, 3.63) is 17.5 Å². The Bertz CT molecular complexity index is 356. The molecule has 0 radical (unpaired) electrons. The summed E-state index contributed by atoms with van der Waals surface area (Å²) in [6.45, 7) is 2.44. The first-order valence-electron chi connectivity index (χ1n) is 5.69. The molecule has 94 valence electrons. The Kier molecular flexibility index (Phi) is 4.83. The summed E-state index contributed by atoms with van der Waals surface area (Å²) in [4.78, 5) is 10.3. The molecule has 1 aliphatic rings. The van der Waals surface area contributed by atoms with E-state index in [-0.39, 0.29) is 0 Å². The van der Waals surface area contributed by atoms with Crippen LogP contribution in [0.4, 0.5) is 5.82 Å². The fraction of sp³-hybridized carbons (Fsp3) is 0.636. The fourth-order valence-corrected chi connectivity index (χ4v) is 2.30. The Hall–Kier alpha value is -0.580. The minimum atomic E-state index is 0.311. The molecule has 0 unspecified atom stereocenters. The van der Waals surface area contributed by atoms with Crippen molar-refractivity contribution in [3.63, 3.8) is 0 Å². The third kappa shape index (κ3) is 3.44. The molecule has 0 spiro atoms. The molecular formula is C11H15Cl2N3O. The molecule has 1 aliphatic heterocycles. The summed E-state index contributed by atoms with van der Waals surface area (Å²) in [5, 5.41) is 0.604. The van der Waals surface area contributed by atoms with Crippen LogP contribution in [0, 0.1) is 0 Å². The summed E-state index contributed by atoms with van der Waals surface area (Å²) in [7, 11) is 0. The zero-order valence-electron chi connectivity index (χ0n) is 9.48. The van der Waals surface area contributed by atoms with Crippen molar-refractivity contribution in [2.24, 2.45) is 0 Å². The van der Waals surface area contributed by atoms with Gasteiger partial charge in [-0.2, -0.15) is 0 Å². The molecule has 0 bridgehead atoms. The van der Waals surface area contributed by atoms with E-state index in [0.717, 1.165) is 31.7 Å². The molecule has 1 fully saturated rings. The number of halogens is 2. The molecule has 0 saturated carbocycles. The Balaban J connectivity index is 1.89. The van der Waals surface area contributed by atoms with Gasteiger partial charge in [0.15, 0.2) is 5.82 Å². The van der Waals surface area contributed by atoms with Crippen molar-refractivity contribution < 1.29 is 4.74 Å². The van der Waals surface area contributed by atoms with Crippen LogP contribution in [-0.4, -0.2) is 41.6 Å². The average Bonchev–Trinajstić information content (AvgIpc) is 2.38. The number of hydrogen-bond acceptors (Lipinski definition) is 4. The summed E-state index contributed by atoms with van der Waals surface area (Å²) in [6, 6.07) is 0. The van der Waals surface area contributed by atoms with Crippen LogP contribution in [0.15, 0.2) is 12.5 Å². The van der Waals surface area contributed by atoms with E-state index in [1.54, 1.807) is 6.20 Å². The van der Waals surface area contributed by atoms with Crippen LogP contribution in [0.2, 0.25) is 5.02 Å². The Morgan fingerprint density at radius 1 is 1.41 bits per heavy atom. The van der Waals surface area contributed by atoms with Crippen LogP contribution in [0.25, 0.3) is 0 Å². The Labute approximate surface area is 111 Å². The van der Waals surface area contributed by atoms with Crippen molar-refractivity contribution in [3.8, 4) is 0 Å². The zero-order valence-corrected chi connectivity index (χ0v) is 11.0. The van der Waals surface area contributed by atoms with E-state index in [9.17, 15) is 0 Å². The van der Waals surface area contributed by atoms with Gasteiger partial charge >= 0.3 is 0 Å². The van der Waals surface area contributed by atoms with Crippen molar-refractivity contribution in [2.75, 3.05) is 30.5 Å². The lowest BCUT2D eigenvalue weighted by molar-refractivity contribution is 0.0471. The minimum absolute atomic E-state index is 0.311. The number of anilines is 1. The lowest BCUT2D eigenvalue weighted by atomic mass is 10.1. The quantitative estimate of drug-likeness (QED) is 0.791. The first-order chi connectivity index (χ1) is 8.31. The topological polar surface area (TPSA) is 38.2 Å². The number of nitrogens with zero attached hydrogens (tertiary/aromatic N) is 3. The molecule has 2 rings (SSSR count). The maximum atomic E-state index is 6.06. The predicted molar refractivity (Wildman–Crippen MR) is 68.9 cm³/mol. The summed E-state index contributed by atoms with van der Waals surface area (Å²) >= 11 is 11.7. The molecule has 0 atom stereocenters. The largest absolute Gasteiger partial charge is 0.377 e. The van der Waals surface area contributed by atoms with Gasteiger partial charge in [0.2, 0.25) is 0 Å². The summed E-state index contributed by atoms with van der Waals surface area (Å²) in [6.07, 6.45) is 5.43. The molecule has 0 N–H and O–H groups in total. The predicted octanol–water partition coefficient (Wildman–Crippen LogP) is 2.35. The molecule has 0 aliphatic carbocycles. The Morgan fingerprint density at radius 3 is 2.82 bits per heavy atom. The van der Waals surface area contributed by atoms with E-state index in [1.807, 2.05) is 0 Å². The lowest BCUT2D eigenvalue weighted by Crippen LogP contribution is -2.37. The van der Waals surface area contributed by atoms with Gasteiger partial charge in [-0.25, -0.2) is 9.97 Å². The van der Waals surface area contributed by atoms with Gasteiger partial charge in [0.1, 0.15) is 11.3 Å². The summed E-state index contributed by atoms with van der Waals surface area (Å²) < 4.78 is 5.62. The highest BCUT2D eigenvalue weighted by Gasteiger charge is 2.21. The molecule has 0 amide bonds. The van der Waals surface area contributed by atoms with Crippen LogP contribution in [-0.2, 0) is 4.74 Å². The van der Waals surface area contributed by atoms with Crippen LogP contribution >= 0.6 is 23.2 Å². The summed E-state index contributed by atoms with van der Waals surface area (Å²) in [5.74, 6) is 1.37. The van der Waals surface area contributed by atoms with Gasteiger partial charge in [-0.1, -0.05) is 11.6 Å². The number of piperidine rings is 1. The van der Waals surface area contributed by atoms with Crippen LogP contribution < -0.4 is 4.90 Å². The van der Waals surface area contributed by atoms with Crippen LogP contribution in [0.1, 0.15) is 12.8 Å². The van der Waals surface area contributed by atoms with Crippen molar-refractivity contribution >= 4 is 29.0 Å². The number of alkyl halides is 1. The highest BCUT2D eigenvalue weighted by molar-refractivity contribution is 6.32. The van der Waals surface area contributed by atoms with Gasteiger partial charge in [-0.05, 0) is 12.8 Å².